The van der Waals surface area contributed by atoms with Crippen LogP contribution in [0.1, 0.15) is 51.0 Å². The van der Waals surface area contributed by atoms with Crippen LogP contribution in [0.15, 0.2) is 24.5 Å². The third kappa shape index (κ3) is 3.41. The molecular weight excluding hydrogens is 244 g/mol. The zero-order chi connectivity index (χ0) is 13.8. The first-order valence-electron chi connectivity index (χ1n) is 8.47. The number of fused-ring (bicyclic) bond motifs is 2. The maximum atomic E-state index is 4.26. The highest BCUT2D eigenvalue weighted by Crippen LogP contribution is 2.49. The average molecular weight is 272 g/mol. The molecule has 0 aromatic carbocycles. The van der Waals surface area contributed by atoms with E-state index >= 15 is 0 Å². The van der Waals surface area contributed by atoms with Crippen LogP contribution in [0.5, 0.6) is 0 Å². The Balaban J connectivity index is 1.58. The van der Waals surface area contributed by atoms with Gasteiger partial charge in [0.15, 0.2) is 0 Å². The molecule has 1 aromatic heterocycles. The predicted molar refractivity (Wildman–Crippen MR) is 83.6 cm³/mol. The van der Waals surface area contributed by atoms with Gasteiger partial charge in [-0.1, -0.05) is 19.4 Å². The molecule has 1 aromatic rings. The second-order valence-electron chi connectivity index (χ2n) is 6.89. The fourth-order valence-electron chi connectivity index (χ4n) is 4.42. The Morgan fingerprint density at radius 3 is 2.95 bits per heavy atom. The van der Waals surface area contributed by atoms with Crippen LogP contribution in [0.3, 0.4) is 0 Å². The van der Waals surface area contributed by atoms with Crippen molar-refractivity contribution in [3.8, 4) is 0 Å². The van der Waals surface area contributed by atoms with Crippen molar-refractivity contribution >= 4 is 0 Å². The number of hydrogen-bond donors (Lipinski definition) is 1. The first-order chi connectivity index (χ1) is 9.85. The van der Waals surface area contributed by atoms with E-state index in [2.05, 4.69) is 29.4 Å². The van der Waals surface area contributed by atoms with E-state index < -0.39 is 0 Å². The minimum absolute atomic E-state index is 0.642. The summed E-state index contributed by atoms with van der Waals surface area (Å²) >= 11 is 0. The average Bonchev–Trinajstić information content (AvgIpc) is 3.08. The fraction of sp³-hybridized carbons (Fsp3) is 0.722. The molecule has 0 radical (unpaired) electrons. The summed E-state index contributed by atoms with van der Waals surface area (Å²) in [5.41, 5.74) is 1.38. The summed E-state index contributed by atoms with van der Waals surface area (Å²) in [7, 11) is 0. The summed E-state index contributed by atoms with van der Waals surface area (Å²) in [4.78, 5) is 4.26. The molecule has 0 aliphatic heterocycles. The van der Waals surface area contributed by atoms with Gasteiger partial charge >= 0.3 is 0 Å². The molecule has 2 bridgehead atoms. The van der Waals surface area contributed by atoms with Gasteiger partial charge in [-0.15, -0.1) is 0 Å². The quantitative estimate of drug-likeness (QED) is 0.816. The van der Waals surface area contributed by atoms with Crippen molar-refractivity contribution in [2.75, 3.05) is 6.54 Å². The molecule has 0 amide bonds. The highest BCUT2D eigenvalue weighted by Gasteiger charge is 2.39. The second-order valence-corrected chi connectivity index (χ2v) is 6.89. The van der Waals surface area contributed by atoms with Gasteiger partial charge < -0.3 is 5.32 Å². The topological polar surface area (TPSA) is 24.9 Å². The van der Waals surface area contributed by atoms with Crippen molar-refractivity contribution in [1.82, 2.24) is 10.3 Å². The fourth-order valence-corrected chi connectivity index (χ4v) is 4.42. The van der Waals surface area contributed by atoms with Crippen LogP contribution < -0.4 is 5.32 Å². The summed E-state index contributed by atoms with van der Waals surface area (Å²) < 4.78 is 0. The summed E-state index contributed by atoms with van der Waals surface area (Å²) in [6.45, 7) is 3.40. The standard InChI is InChI=1S/C18H28N2/c1-2-7-20-18(11-15-4-3-8-19-13-15)12-17-10-14-5-6-16(17)9-14/h3-4,8,13-14,16-18,20H,2,5-7,9-12H2,1H3. The highest BCUT2D eigenvalue weighted by molar-refractivity contribution is 5.10. The van der Waals surface area contributed by atoms with Gasteiger partial charge in [0.2, 0.25) is 0 Å². The molecule has 2 saturated carbocycles. The smallest absolute Gasteiger partial charge is 0.0300 e. The SMILES string of the molecule is CCCNC(Cc1cccnc1)CC1CC2CCC1C2. The first kappa shape index (κ1) is 14.1. The summed E-state index contributed by atoms with van der Waals surface area (Å²) in [6, 6.07) is 4.92. The molecular formula is C18H28N2. The van der Waals surface area contributed by atoms with Gasteiger partial charge in [-0.25, -0.2) is 0 Å². The van der Waals surface area contributed by atoms with E-state index in [1.54, 1.807) is 0 Å². The minimum Gasteiger partial charge on any atom is -0.314 e. The molecule has 1 heterocycles. The third-order valence-corrected chi connectivity index (χ3v) is 5.36. The lowest BCUT2D eigenvalue weighted by atomic mass is 9.83. The van der Waals surface area contributed by atoms with Crippen LogP contribution in [0.25, 0.3) is 0 Å². The number of nitrogens with one attached hydrogen (secondary N) is 1. The first-order valence-corrected chi connectivity index (χ1v) is 8.47. The van der Waals surface area contributed by atoms with Crippen LogP contribution in [0.4, 0.5) is 0 Å². The Labute approximate surface area is 123 Å². The minimum atomic E-state index is 0.642. The molecule has 20 heavy (non-hydrogen) atoms. The van der Waals surface area contributed by atoms with Gasteiger partial charge in [0.25, 0.3) is 0 Å². The van der Waals surface area contributed by atoms with Gasteiger partial charge in [0, 0.05) is 18.4 Å². The molecule has 110 valence electrons. The largest absolute Gasteiger partial charge is 0.314 e. The molecule has 3 rings (SSSR count). The molecule has 2 nitrogen and oxygen atoms in total. The van der Waals surface area contributed by atoms with Crippen LogP contribution in [0.2, 0.25) is 0 Å². The number of pyridine rings is 1. The molecule has 4 unspecified atom stereocenters. The Hall–Kier alpha value is -0.890. The van der Waals surface area contributed by atoms with Crippen molar-refractivity contribution in [2.45, 2.75) is 57.9 Å². The number of nitrogens with zero attached hydrogens (tertiary/aromatic N) is 1. The molecule has 4 atom stereocenters. The predicted octanol–water partition coefficient (Wildman–Crippen LogP) is 3.82. The molecule has 2 aliphatic carbocycles. The van der Waals surface area contributed by atoms with Crippen molar-refractivity contribution in [3.63, 3.8) is 0 Å². The Bertz CT molecular complexity index is 403. The monoisotopic (exact) mass is 272 g/mol. The van der Waals surface area contributed by atoms with Gasteiger partial charge in [-0.05, 0) is 74.5 Å². The summed E-state index contributed by atoms with van der Waals surface area (Å²) in [5, 5.41) is 3.78. The molecule has 2 aliphatic rings. The van der Waals surface area contributed by atoms with Gasteiger partial charge in [0.05, 0.1) is 0 Å². The van der Waals surface area contributed by atoms with E-state index in [4.69, 9.17) is 0 Å². The number of aromatic nitrogens is 1. The lowest BCUT2D eigenvalue weighted by Gasteiger charge is -2.27. The van der Waals surface area contributed by atoms with Crippen LogP contribution in [-0.2, 0) is 6.42 Å². The van der Waals surface area contributed by atoms with Crippen molar-refractivity contribution in [3.05, 3.63) is 30.1 Å². The van der Waals surface area contributed by atoms with E-state index in [0.717, 1.165) is 30.7 Å². The molecule has 0 saturated heterocycles. The molecule has 1 N–H and O–H groups in total. The van der Waals surface area contributed by atoms with E-state index in [0.29, 0.717) is 6.04 Å². The summed E-state index contributed by atoms with van der Waals surface area (Å²) in [6.07, 6.45) is 13.7. The molecule has 0 spiro atoms. The molecule has 2 heteroatoms. The van der Waals surface area contributed by atoms with Gasteiger partial charge in [0.1, 0.15) is 0 Å². The Morgan fingerprint density at radius 2 is 2.30 bits per heavy atom. The molecule has 2 fully saturated rings. The maximum absolute atomic E-state index is 4.26. The lowest BCUT2D eigenvalue weighted by molar-refractivity contribution is 0.276. The lowest BCUT2D eigenvalue weighted by Crippen LogP contribution is -2.34. The van der Waals surface area contributed by atoms with E-state index in [9.17, 15) is 0 Å². The van der Waals surface area contributed by atoms with Crippen molar-refractivity contribution < 1.29 is 0 Å². The van der Waals surface area contributed by atoms with E-state index in [1.165, 1.54) is 44.1 Å². The van der Waals surface area contributed by atoms with E-state index in [1.807, 2.05) is 12.4 Å². The van der Waals surface area contributed by atoms with Crippen LogP contribution >= 0.6 is 0 Å². The highest BCUT2D eigenvalue weighted by atomic mass is 14.9. The number of hydrogen-bond acceptors (Lipinski definition) is 2. The van der Waals surface area contributed by atoms with Crippen molar-refractivity contribution in [2.24, 2.45) is 17.8 Å². The normalized spacial score (nSPS) is 29.8. The number of rotatable bonds is 7. The maximum Gasteiger partial charge on any atom is 0.0300 e. The zero-order valence-corrected chi connectivity index (χ0v) is 12.7. The second kappa shape index (κ2) is 6.71. The third-order valence-electron chi connectivity index (χ3n) is 5.36. The van der Waals surface area contributed by atoms with Crippen molar-refractivity contribution in [1.29, 1.82) is 0 Å². The zero-order valence-electron chi connectivity index (χ0n) is 12.7. The van der Waals surface area contributed by atoms with Crippen LogP contribution in [-0.4, -0.2) is 17.6 Å². The van der Waals surface area contributed by atoms with Crippen LogP contribution in [0, 0.1) is 17.8 Å². The Kier molecular flexibility index (Phi) is 4.72. The Morgan fingerprint density at radius 1 is 1.35 bits per heavy atom. The van der Waals surface area contributed by atoms with Gasteiger partial charge in [-0.3, -0.25) is 4.98 Å². The van der Waals surface area contributed by atoms with E-state index in [-0.39, 0.29) is 0 Å². The summed E-state index contributed by atoms with van der Waals surface area (Å²) in [5.74, 6) is 3.09. The van der Waals surface area contributed by atoms with Gasteiger partial charge in [-0.2, -0.15) is 0 Å².